The van der Waals surface area contributed by atoms with E-state index in [4.69, 9.17) is 0 Å². The van der Waals surface area contributed by atoms with Gasteiger partial charge < -0.3 is 10.0 Å². The van der Waals surface area contributed by atoms with Crippen molar-refractivity contribution in [2.75, 3.05) is 13.1 Å². The minimum atomic E-state index is -1.14. The number of carbonyl (C=O) groups is 2. The van der Waals surface area contributed by atoms with Gasteiger partial charge in [-0.15, -0.1) is 0 Å². The number of aliphatic hydroxyl groups is 1. The molecule has 1 saturated carbocycles. The lowest BCUT2D eigenvalue weighted by atomic mass is 9.88. The third-order valence-electron chi connectivity index (χ3n) is 5.04. The zero-order valence-corrected chi connectivity index (χ0v) is 12.8. The monoisotopic (exact) mass is 301 g/mol. The summed E-state index contributed by atoms with van der Waals surface area (Å²) in [5.41, 5.74) is -0.391. The van der Waals surface area contributed by atoms with Gasteiger partial charge in [0.25, 0.3) is 5.91 Å². The first-order valence-electron chi connectivity index (χ1n) is 8.21. The summed E-state index contributed by atoms with van der Waals surface area (Å²) in [7, 11) is 0. The van der Waals surface area contributed by atoms with Crippen molar-refractivity contribution >= 4 is 11.7 Å². The molecular formula is C18H23NO3. The van der Waals surface area contributed by atoms with E-state index in [0.29, 0.717) is 38.8 Å². The highest BCUT2D eigenvalue weighted by Crippen LogP contribution is 2.32. The number of hydrogen-bond acceptors (Lipinski definition) is 3. The predicted molar refractivity (Wildman–Crippen MR) is 83.5 cm³/mol. The zero-order chi connectivity index (χ0) is 15.6. The number of likely N-dealkylation sites (tertiary alicyclic amines) is 1. The first kappa shape index (κ1) is 15.2. The van der Waals surface area contributed by atoms with Crippen LogP contribution in [-0.2, 0) is 4.79 Å². The van der Waals surface area contributed by atoms with E-state index in [1.165, 1.54) is 0 Å². The summed E-state index contributed by atoms with van der Waals surface area (Å²) in [6.45, 7) is 1.15. The van der Waals surface area contributed by atoms with Crippen molar-refractivity contribution in [1.82, 2.24) is 4.90 Å². The molecule has 2 aliphatic rings. The van der Waals surface area contributed by atoms with E-state index in [0.717, 1.165) is 18.4 Å². The molecule has 1 saturated heterocycles. The molecule has 1 aliphatic carbocycles. The van der Waals surface area contributed by atoms with Crippen molar-refractivity contribution in [3.05, 3.63) is 35.9 Å². The molecule has 1 heterocycles. The average molecular weight is 301 g/mol. The Balaban J connectivity index is 1.58. The molecule has 1 N–H and O–H groups in total. The lowest BCUT2D eigenvalue weighted by molar-refractivity contribution is -0.152. The fraction of sp³-hybridized carbons (Fsp3) is 0.556. The van der Waals surface area contributed by atoms with E-state index < -0.39 is 5.60 Å². The second-order valence-electron chi connectivity index (χ2n) is 6.54. The van der Waals surface area contributed by atoms with Gasteiger partial charge in [-0.3, -0.25) is 9.59 Å². The fourth-order valence-corrected chi connectivity index (χ4v) is 3.65. The van der Waals surface area contributed by atoms with Gasteiger partial charge in [-0.1, -0.05) is 30.3 Å². The summed E-state index contributed by atoms with van der Waals surface area (Å²) in [4.78, 5) is 26.7. The van der Waals surface area contributed by atoms with Crippen LogP contribution in [0.5, 0.6) is 0 Å². The summed E-state index contributed by atoms with van der Waals surface area (Å²) in [6.07, 6.45) is 4.38. The van der Waals surface area contributed by atoms with Gasteiger partial charge in [-0.25, -0.2) is 0 Å². The molecule has 0 atom stereocenters. The summed E-state index contributed by atoms with van der Waals surface area (Å²) in [5.74, 6) is 0.0348. The Morgan fingerprint density at radius 3 is 2.23 bits per heavy atom. The predicted octanol–water partition coefficient (Wildman–Crippen LogP) is 2.41. The summed E-state index contributed by atoms with van der Waals surface area (Å²) in [6, 6.07) is 9.35. The van der Waals surface area contributed by atoms with Crippen LogP contribution >= 0.6 is 0 Å². The molecule has 118 valence electrons. The van der Waals surface area contributed by atoms with Gasteiger partial charge in [0.05, 0.1) is 0 Å². The van der Waals surface area contributed by atoms with E-state index in [-0.39, 0.29) is 17.6 Å². The highest BCUT2D eigenvalue weighted by atomic mass is 16.3. The van der Waals surface area contributed by atoms with Gasteiger partial charge in [0, 0.05) is 24.6 Å². The Bertz CT molecular complexity index is 541. The molecule has 1 aromatic carbocycles. The molecule has 0 radical (unpaired) electrons. The van der Waals surface area contributed by atoms with Crippen LogP contribution in [0, 0.1) is 5.92 Å². The highest BCUT2D eigenvalue weighted by Gasteiger charge is 2.42. The third kappa shape index (κ3) is 2.93. The Morgan fingerprint density at radius 2 is 1.64 bits per heavy atom. The van der Waals surface area contributed by atoms with E-state index in [1.54, 1.807) is 4.90 Å². The Labute approximate surface area is 131 Å². The topological polar surface area (TPSA) is 57.6 Å². The smallest absolute Gasteiger partial charge is 0.254 e. The molecule has 0 bridgehead atoms. The van der Waals surface area contributed by atoms with Crippen molar-refractivity contribution in [1.29, 1.82) is 0 Å². The fourth-order valence-electron chi connectivity index (χ4n) is 3.65. The molecule has 4 heteroatoms. The molecule has 0 aromatic heterocycles. The largest absolute Gasteiger partial charge is 0.380 e. The maximum atomic E-state index is 12.5. The van der Waals surface area contributed by atoms with Crippen LogP contribution < -0.4 is 0 Å². The van der Waals surface area contributed by atoms with Gasteiger partial charge in [0.1, 0.15) is 5.60 Å². The van der Waals surface area contributed by atoms with Crippen molar-refractivity contribution in [2.24, 2.45) is 5.92 Å². The lowest BCUT2D eigenvalue weighted by Crippen LogP contribution is -2.50. The van der Waals surface area contributed by atoms with Gasteiger partial charge in [-0.2, -0.15) is 0 Å². The van der Waals surface area contributed by atoms with Gasteiger partial charge in [0.15, 0.2) is 5.78 Å². The molecular weight excluding hydrogens is 278 g/mol. The molecule has 1 aromatic rings. The van der Waals surface area contributed by atoms with Gasteiger partial charge >= 0.3 is 0 Å². The number of nitrogens with zero attached hydrogens (tertiary/aromatic N) is 1. The molecule has 0 unspecified atom stereocenters. The number of piperidine rings is 1. The number of hydrogen-bond donors (Lipinski definition) is 1. The standard InChI is InChI=1S/C18H23NO3/c20-16(14-6-2-1-3-7-14)15-8-12-19(13-9-15)17(21)18(22)10-4-5-11-18/h1-3,6-7,15,22H,4-5,8-13H2. The van der Waals surface area contributed by atoms with Crippen LogP contribution in [0.2, 0.25) is 0 Å². The quantitative estimate of drug-likeness (QED) is 0.872. The van der Waals surface area contributed by atoms with E-state index in [2.05, 4.69) is 0 Å². The third-order valence-corrected chi connectivity index (χ3v) is 5.04. The zero-order valence-electron chi connectivity index (χ0n) is 12.8. The van der Waals surface area contributed by atoms with Crippen LogP contribution in [0.3, 0.4) is 0 Å². The van der Waals surface area contributed by atoms with Crippen molar-refractivity contribution in [2.45, 2.75) is 44.1 Å². The summed E-state index contributed by atoms with van der Waals surface area (Å²) < 4.78 is 0. The van der Waals surface area contributed by atoms with Crippen LogP contribution in [0.1, 0.15) is 48.9 Å². The van der Waals surface area contributed by atoms with Crippen molar-refractivity contribution in [3.63, 3.8) is 0 Å². The van der Waals surface area contributed by atoms with E-state index in [1.807, 2.05) is 30.3 Å². The summed E-state index contributed by atoms with van der Waals surface area (Å²) in [5, 5.41) is 10.4. The molecule has 1 aliphatic heterocycles. The van der Waals surface area contributed by atoms with Crippen molar-refractivity contribution < 1.29 is 14.7 Å². The van der Waals surface area contributed by atoms with E-state index in [9.17, 15) is 14.7 Å². The van der Waals surface area contributed by atoms with Crippen LogP contribution in [0.15, 0.2) is 30.3 Å². The number of ketones is 1. The average Bonchev–Trinajstić information content (AvgIpc) is 3.02. The van der Waals surface area contributed by atoms with Gasteiger partial charge in [0.2, 0.25) is 0 Å². The number of Topliss-reactive ketones (excluding diaryl/α,β-unsaturated/α-hetero) is 1. The van der Waals surface area contributed by atoms with Crippen molar-refractivity contribution in [3.8, 4) is 0 Å². The van der Waals surface area contributed by atoms with Crippen LogP contribution in [0.25, 0.3) is 0 Å². The second kappa shape index (κ2) is 6.21. The van der Waals surface area contributed by atoms with E-state index >= 15 is 0 Å². The number of rotatable bonds is 3. The molecule has 3 rings (SSSR count). The first-order valence-corrected chi connectivity index (χ1v) is 8.21. The number of amides is 1. The number of benzene rings is 1. The molecule has 2 fully saturated rings. The molecule has 4 nitrogen and oxygen atoms in total. The Kier molecular flexibility index (Phi) is 4.30. The Hall–Kier alpha value is -1.68. The van der Waals surface area contributed by atoms with Crippen LogP contribution in [0.4, 0.5) is 0 Å². The normalized spacial score (nSPS) is 21.8. The number of carbonyl (C=O) groups excluding carboxylic acids is 2. The maximum absolute atomic E-state index is 12.5. The minimum absolute atomic E-state index is 0.00956. The Morgan fingerprint density at radius 1 is 1.05 bits per heavy atom. The highest BCUT2D eigenvalue weighted by molar-refractivity contribution is 5.98. The van der Waals surface area contributed by atoms with Crippen LogP contribution in [-0.4, -0.2) is 40.4 Å². The maximum Gasteiger partial charge on any atom is 0.254 e. The molecule has 1 amide bonds. The molecule has 0 spiro atoms. The molecule has 22 heavy (non-hydrogen) atoms. The SMILES string of the molecule is O=C(c1ccccc1)C1CCN(C(=O)C2(O)CCCC2)CC1. The first-order chi connectivity index (χ1) is 10.6. The second-order valence-corrected chi connectivity index (χ2v) is 6.54. The lowest BCUT2D eigenvalue weighted by Gasteiger charge is -2.35. The summed E-state index contributed by atoms with van der Waals surface area (Å²) >= 11 is 0. The van der Waals surface area contributed by atoms with Gasteiger partial charge in [-0.05, 0) is 38.5 Å². The minimum Gasteiger partial charge on any atom is -0.380 e.